The highest BCUT2D eigenvalue weighted by molar-refractivity contribution is 7.47. The van der Waals surface area contributed by atoms with Crippen molar-refractivity contribution in [3.63, 3.8) is 0 Å². The SMILES string of the molecule is CCCCCCCC(=O)OC[C@H](COP(=O)(O)OC[C@H](O)COP(=O)(O)OC[C@@H](COC(=O)CCCCCCCCCCC(C)CC)OC(=O)CCCCCCCCCCCCCC(C)C)OC(=O)CCCCCCCCCC(C)C. The molecule has 0 saturated heterocycles. The zero-order valence-electron chi connectivity index (χ0n) is 52.2. The Balaban J connectivity index is 5.20. The van der Waals surface area contributed by atoms with Crippen LogP contribution in [0.15, 0.2) is 0 Å². The Morgan fingerprint density at radius 3 is 0.938 bits per heavy atom. The fourth-order valence-electron chi connectivity index (χ4n) is 9.09. The predicted molar refractivity (Wildman–Crippen MR) is 321 cm³/mol. The first-order valence-corrected chi connectivity index (χ1v) is 35.4. The fourth-order valence-corrected chi connectivity index (χ4v) is 10.7. The third-order valence-electron chi connectivity index (χ3n) is 14.5. The standard InChI is InChI=1S/C62H120O17P2/c1-8-10-11-26-36-43-59(64)72-49-57(78-62(67)46-39-32-25-19-21-28-34-41-54(5)6)51-76-80(68,69)74-47-56(63)48-75-81(70,71)77-52-58(50-73-60(65)44-37-30-23-18-17-22-29-35-42-55(7)9-2)79-61(66)45-38-31-24-16-14-12-13-15-20-27-33-40-53(3)4/h53-58,63H,8-52H2,1-7H3,(H,68,69)(H,70,71)/t55?,56-,57+,58+/m0/s1. The second-order valence-corrected chi connectivity index (χ2v) is 26.5. The van der Waals surface area contributed by atoms with E-state index in [9.17, 15) is 43.2 Å². The van der Waals surface area contributed by atoms with Crippen LogP contribution in [0.1, 0.15) is 299 Å². The largest absolute Gasteiger partial charge is 0.472 e. The maximum atomic E-state index is 13.0. The Hall–Kier alpha value is -1.94. The third kappa shape index (κ3) is 55.7. The van der Waals surface area contributed by atoms with Crippen molar-refractivity contribution in [3.8, 4) is 0 Å². The predicted octanol–water partition coefficient (Wildman–Crippen LogP) is 16.7. The Bertz CT molecular complexity index is 1620. The minimum Gasteiger partial charge on any atom is -0.462 e. The summed E-state index contributed by atoms with van der Waals surface area (Å²) in [5.41, 5.74) is 0. The van der Waals surface area contributed by atoms with Crippen LogP contribution in [0.3, 0.4) is 0 Å². The topological polar surface area (TPSA) is 237 Å². The van der Waals surface area contributed by atoms with Gasteiger partial charge in [0.25, 0.3) is 0 Å². The average molecular weight is 1200 g/mol. The normalized spacial score (nSPS) is 14.8. The molecule has 0 saturated carbocycles. The Morgan fingerprint density at radius 1 is 0.358 bits per heavy atom. The number of carbonyl (C=O) groups is 4. The molecule has 0 aromatic carbocycles. The van der Waals surface area contributed by atoms with Gasteiger partial charge in [0.05, 0.1) is 26.4 Å². The fraction of sp³-hybridized carbons (Fsp3) is 0.935. The molecule has 480 valence electrons. The molecule has 0 spiro atoms. The van der Waals surface area contributed by atoms with Gasteiger partial charge in [-0.05, 0) is 43.4 Å². The average Bonchev–Trinajstić information content (AvgIpc) is 3.42. The zero-order valence-corrected chi connectivity index (χ0v) is 54.0. The Morgan fingerprint density at radius 2 is 0.630 bits per heavy atom. The summed E-state index contributed by atoms with van der Waals surface area (Å²) in [5.74, 6) is 0.0881. The molecular formula is C62H120O17P2. The lowest BCUT2D eigenvalue weighted by Gasteiger charge is -2.21. The molecule has 6 atom stereocenters. The number of phosphoric acid groups is 2. The molecule has 0 aromatic heterocycles. The van der Waals surface area contributed by atoms with E-state index in [1.807, 2.05) is 0 Å². The van der Waals surface area contributed by atoms with Crippen molar-refractivity contribution < 1.29 is 80.2 Å². The van der Waals surface area contributed by atoms with Crippen LogP contribution in [0.5, 0.6) is 0 Å². The van der Waals surface area contributed by atoms with Crippen molar-refractivity contribution >= 4 is 39.5 Å². The van der Waals surface area contributed by atoms with Gasteiger partial charge in [0, 0.05) is 25.7 Å². The number of carbonyl (C=O) groups excluding carboxylic acids is 4. The molecule has 0 fully saturated rings. The molecule has 0 rings (SSSR count). The van der Waals surface area contributed by atoms with E-state index >= 15 is 0 Å². The number of ether oxygens (including phenoxy) is 4. The van der Waals surface area contributed by atoms with Crippen LogP contribution in [0.2, 0.25) is 0 Å². The highest BCUT2D eigenvalue weighted by Crippen LogP contribution is 2.45. The van der Waals surface area contributed by atoms with Crippen LogP contribution in [0.25, 0.3) is 0 Å². The molecule has 0 aliphatic rings. The second kappa shape index (κ2) is 53.5. The smallest absolute Gasteiger partial charge is 0.462 e. The van der Waals surface area contributed by atoms with Gasteiger partial charge in [-0.3, -0.25) is 37.3 Å². The molecule has 81 heavy (non-hydrogen) atoms. The molecule has 19 heteroatoms. The minimum atomic E-state index is -4.94. The van der Waals surface area contributed by atoms with Gasteiger partial charge in [0.2, 0.25) is 0 Å². The summed E-state index contributed by atoms with van der Waals surface area (Å²) in [6.07, 6.45) is 33.8. The Kier molecular flexibility index (Phi) is 52.2. The first-order chi connectivity index (χ1) is 38.8. The number of hydrogen-bond donors (Lipinski definition) is 3. The van der Waals surface area contributed by atoms with Gasteiger partial charge in [-0.2, -0.15) is 0 Å². The van der Waals surface area contributed by atoms with E-state index in [4.69, 9.17) is 37.0 Å². The zero-order chi connectivity index (χ0) is 60.3. The van der Waals surface area contributed by atoms with Gasteiger partial charge in [-0.25, -0.2) is 9.13 Å². The van der Waals surface area contributed by atoms with Crippen LogP contribution >= 0.6 is 15.6 Å². The molecule has 3 unspecified atom stereocenters. The second-order valence-electron chi connectivity index (χ2n) is 23.6. The van der Waals surface area contributed by atoms with E-state index in [1.54, 1.807) is 0 Å². The van der Waals surface area contributed by atoms with E-state index in [0.29, 0.717) is 31.6 Å². The summed E-state index contributed by atoms with van der Waals surface area (Å²) in [5, 5.41) is 10.5. The van der Waals surface area contributed by atoms with Crippen molar-refractivity contribution in [2.75, 3.05) is 39.6 Å². The summed E-state index contributed by atoms with van der Waals surface area (Å²) >= 11 is 0. The lowest BCUT2D eigenvalue weighted by Crippen LogP contribution is -2.30. The molecule has 0 aliphatic carbocycles. The van der Waals surface area contributed by atoms with Gasteiger partial charge < -0.3 is 33.8 Å². The number of unbranched alkanes of at least 4 members (excludes halogenated alkanes) is 27. The maximum Gasteiger partial charge on any atom is 0.472 e. The Labute approximate surface area is 492 Å². The molecular weight excluding hydrogens is 1080 g/mol. The van der Waals surface area contributed by atoms with Gasteiger partial charge in [0.15, 0.2) is 12.2 Å². The molecule has 0 aliphatic heterocycles. The van der Waals surface area contributed by atoms with Crippen molar-refractivity contribution in [2.45, 2.75) is 317 Å². The number of rotatable bonds is 60. The van der Waals surface area contributed by atoms with Gasteiger partial charge in [-0.15, -0.1) is 0 Å². The van der Waals surface area contributed by atoms with Gasteiger partial charge in [0.1, 0.15) is 19.3 Å². The van der Waals surface area contributed by atoms with Crippen molar-refractivity contribution in [1.29, 1.82) is 0 Å². The van der Waals surface area contributed by atoms with Gasteiger partial charge >= 0.3 is 39.5 Å². The highest BCUT2D eigenvalue weighted by atomic mass is 31.2. The summed E-state index contributed by atoms with van der Waals surface area (Å²) in [4.78, 5) is 71.9. The molecule has 17 nitrogen and oxygen atoms in total. The van der Waals surface area contributed by atoms with Crippen LogP contribution in [0, 0.1) is 17.8 Å². The number of aliphatic hydroxyl groups is 1. The first kappa shape index (κ1) is 79.1. The number of hydrogen-bond acceptors (Lipinski definition) is 15. The van der Waals surface area contributed by atoms with E-state index in [1.165, 1.54) is 103 Å². The molecule has 0 amide bonds. The number of phosphoric ester groups is 2. The minimum absolute atomic E-state index is 0.102. The van der Waals surface area contributed by atoms with E-state index in [2.05, 4.69) is 48.5 Å². The van der Waals surface area contributed by atoms with Crippen molar-refractivity contribution in [2.24, 2.45) is 17.8 Å². The number of aliphatic hydroxyl groups excluding tert-OH is 1. The molecule has 0 bridgehead atoms. The quantitative estimate of drug-likeness (QED) is 0.0222. The summed E-state index contributed by atoms with van der Waals surface area (Å²) < 4.78 is 67.7. The highest BCUT2D eigenvalue weighted by Gasteiger charge is 2.30. The lowest BCUT2D eigenvalue weighted by molar-refractivity contribution is -0.161. The first-order valence-electron chi connectivity index (χ1n) is 32.4. The third-order valence-corrected chi connectivity index (χ3v) is 16.4. The van der Waals surface area contributed by atoms with E-state index in [-0.39, 0.29) is 25.7 Å². The molecule has 0 aromatic rings. The molecule has 0 heterocycles. The monoisotopic (exact) mass is 1200 g/mol. The molecule has 0 radical (unpaired) electrons. The summed E-state index contributed by atoms with van der Waals surface area (Å²) in [6.45, 7) is 11.6. The van der Waals surface area contributed by atoms with Gasteiger partial charge in [-0.1, -0.05) is 248 Å². The lowest BCUT2D eigenvalue weighted by atomic mass is 9.99. The van der Waals surface area contributed by atoms with Crippen LogP contribution in [-0.2, 0) is 65.4 Å². The summed E-state index contributed by atoms with van der Waals surface area (Å²) in [7, 11) is -9.88. The van der Waals surface area contributed by atoms with E-state index < -0.39 is 97.5 Å². The van der Waals surface area contributed by atoms with E-state index in [0.717, 1.165) is 108 Å². The van der Waals surface area contributed by atoms with Crippen LogP contribution in [0.4, 0.5) is 0 Å². The van der Waals surface area contributed by atoms with Crippen LogP contribution in [-0.4, -0.2) is 96.7 Å². The summed E-state index contributed by atoms with van der Waals surface area (Å²) in [6, 6.07) is 0. The molecule has 3 N–H and O–H groups in total. The maximum absolute atomic E-state index is 13.0. The van der Waals surface area contributed by atoms with Crippen molar-refractivity contribution in [3.05, 3.63) is 0 Å². The van der Waals surface area contributed by atoms with Crippen LogP contribution < -0.4 is 0 Å². The number of esters is 4. The van der Waals surface area contributed by atoms with Crippen molar-refractivity contribution in [1.82, 2.24) is 0 Å².